The van der Waals surface area contributed by atoms with Crippen LogP contribution in [0.5, 0.6) is 0 Å². The van der Waals surface area contributed by atoms with Crippen molar-refractivity contribution in [3.63, 3.8) is 0 Å². The molecular formula is C33H23BrN6O4S2. The fourth-order valence-corrected chi connectivity index (χ4v) is 7.25. The number of nitrogens with zero attached hydrogens (tertiary/aromatic N) is 6. The highest BCUT2D eigenvalue weighted by Gasteiger charge is 2.35. The number of hydrogen-bond acceptors (Lipinski definition) is 10. The van der Waals surface area contributed by atoms with Crippen molar-refractivity contribution in [1.82, 2.24) is 24.8 Å². The van der Waals surface area contributed by atoms with E-state index in [1.807, 2.05) is 84.9 Å². The Bertz CT molecular complexity index is 2280. The minimum Gasteiger partial charge on any atom is -0.463 e. The average molecular weight is 712 g/mol. The Kier molecular flexibility index (Phi) is 8.35. The van der Waals surface area contributed by atoms with Crippen LogP contribution in [0.4, 0.5) is 0 Å². The quantitative estimate of drug-likeness (QED) is 0.192. The van der Waals surface area contributed by atoms with Crippen LogP contribution in [-0.4, -0.2) is 37.4 Å². The number of thiazole rings is 1. The van der Waals surface area contributed by atoms with Crippen LogP contribution in [0, 0.1) is 0 Å². The third-order valence-electron chi connectivity index (χ3n) is 7.05. The monoisotopic (exact) mass is 710 g/mol. The number of para-hydroxylation sites is 1. The molecule has 0 saturated heterocycles. The maximum atomic E-state index is 14.1. The van der Waals surface area contributed by atoms with Gasteiger partial charge in [-0.2, -0.15) is 4.68 Å². The number of fused-ring (bicyclic) bond motifs is 1. The fourth-order valence-electron chi connectivity index (χ4n) is 5.09. The van der Waals surface area contributed by atoms with Crippen LogP contribution in [0.3, 0.4) is 0 Å². The van der Waals surface area contributed by atoms with E-state index in [9.17, 15) is 9.59 Å². The van der Waals surface area contributed by atoms with Gasteiger partial charge in [0, 0.05) is 16.1 Å². The summed E-state index contributed by atoms with van der Waals surface area (Å²) in [6.07, 6.45) is 1.68. The van der Waals surface area contributed by atoms with E-state index in [-0.39, 0.29) is 17.7 Å². The van der Waals surface area contributed by atoms with Gasteiger partial charge in [-0.3, -0.25) is 9.36 Å². The van der Waals surface area contributed by atoms with Gasteiger partial charge in [-0.15, -0.1) is 5.10 Å². The molecule has 0 amide bonds. The Labute approximate surface area is 278 Å². The molecule has 0 saturated carbocycles. The number of rotatable bonds is 8. The number of halogens is 1. The van der Waals surface area contributed by atoms with Crippen molar-refractivity contribution in [3.8, 4) is 5.69 Å². The van der Waals surface area contributed by atoms with Gasteiger partial charge in [-0.05, 0) is 71.1 Å². The molecule has 1 aliphatic heterocycles. The van der Waals surface area contributed by atoms with Gasteiger partial charge in [0.05, 0.1) is 34.1 Å². The molecule has 1 atom stereocenters. The van der Waals surface area contributed by atoms with E-state index in [1.54, 1.807) is 34.4 Å². The first-order valence-electron chi connectivity index (χ1n) is 14.2. The van der Waals surface area contributed by atoms with Crippen LogP contribution in [0.1, 0.15) is 29.9 Å². The van der Waals surface area contributed by atoms with Crippen LogP contribution < -0.4 is 14.9 Å². The van der Waals surface area contributed by atoms with E-state index < -0.39 is 12.0 Å². The molecule has 0 radical (unpaired) electrons. The number of benzene rings is 3. The number of ether oxygens (including phenoxy) is 1. The summed E-state index contributed by atoms with van der Waals surface area (Å²) < 4.78 is 16.0. The standard InChI is InChI=1S/C33H23BrN6O4S2/c1-2-43-31(42)27-28(20-10-5-3-6-11-20)35-32-39(29(27)21-12-9-13-22(34)18-21)30(41)25(45-32)19-24-16-17-26(44-24)46-33-36-37-38-40(33)23-14-7-4-8-15-23/h3-19,29H,2H2,1H3/b25-19-/t29-/m0/s1. The minimum absolute atomic E-state index is 0.177. The molecule has 1 aliphatic rings. The van der Waals surface area contributed by atoms with E-state index >= 15 is 0 Å². The zero-order valence-corrected chi connectivity index (χ0v) is 27.3. The van der Waals surface area contributed by atoms with Crippen LogP contribution in [0.15, 0.2) is 132 Å². The summed E-state index contributed by atoms with van der Waals surface area (Å²) in [4.78, 5) is 33.1. The van der Waals surface area contributed by atoms with Crippen molar-refractivity contribution in [2.45, 2.75) is 23.2 Å². The summed E-state index contributed by atoms with van der Waals surface area (Å²) in [7, 11) is 0. The Balaban J connectivity index is 1.33. The molecule has 3 aromatic carbocycles. The molecule has 0 N–H and O–H groups in total. The maximum absolute atomic E-state index is 14.1. The lowest BCUT2D eigenvalue weighted by molar-refractivity contribution is -0.138. The lowest BCUT2D eigenvalue weighted by Crippen LogP contribution is -2.40. The average Bonchev–Trinajstić information content (AvgIpc) is 3.81. The molecular weight excluding hydrogens is 688 g/mol. The van der Waals surface area contributed by atoms with Crippen molar-refractivity contribution in [3.05, 3.63) is 144 Å². The van der Waals surface area contributed by atoms with Gasteiger partial charge in [0.1, 0.15) is 5.76 Å². The number of furan rings is 1. The summed E-state index contributed by atoms with van der Waals surface area (Å²) in [6.45, 7) is 1.93. The molecule has 0 fully saturated rings. The second-order valence-electron chi connectivity index (χ2n) is 9.95. The molecule has 6 aromatic rings. The number of tetrazole rings is 1. The SMILES string of the molecule is CCOC(=O)C1=C(c2ccccc2)N=c2s/c(=C\c3ccc(Sc4nnnn4-c4ccccc4)o3)c(=O)n2[C@H]1c1cccc(Br)c1. The zero-order chi connectivity index (χ0) is 31.6. The van der Waals surface area contributed by atoms with Crippen molar-refractivity contribution >= 4 is 56.8 Å². The Morgan fingerprint density at radius 3 is 2.59 bits per heavy atom. The molecule has 0 bridgehead atoms. The number of carbonyl (C=O) groups is 1. The molecule has 4 heterocycles. The molecule has 7 rings (SSSR count). The second kappa shape index (κ2) is 12.9. The Morgan fingerprint density at radius 2 is 1.83 bits per heavy atom. The highest BCUT2D eigenvalue weighted by atomic mass is 79.9. The van der Waals surface area contributed by atoms with Gasteiger partial charge in [0.25, 0.3) is 5.56 Å². The third-order valence-corrected chi connectivity index (χ3v) is 9.38. The number of aromatic nitrogens is 5. The summed E-state index contributed by atoms with van der Waals surface area (Å²) in [5.74, 6) is -0.0618. The summed E-state index contributed by atoms with van der Waals surface area (Å²) in [5.41, 5.74) is 2.75. The van der Waals surface area contributed by atoms with E-state index in [2.05, 4.69) is 31.5 Å². The zero-order valence-electron chi connectivity index (χ0n) is 24.1. The largest absolute Gasteiger partial charge is 0.463 e. The summed E-state index contributed by atoms with van der Waals surface area (Å²) in [6, 6.07) is 29.4. The molecule has 0 spiro atoms. The topological polar surface area (TPSA) is 117 Å². The summed E-state index contributed by atoms with van der Waals surface area (Å²) in [5, 5.41) is 13.1. The molecule has 13 heteroatoms. The lowest BCUT2D eigenvalue weighted by Gasteiger charge is -2.26. The molecule has 0 unspecified atom stereocenters. The third kappa shape index (κ3) is 5.80. The van der Waals surface area contributed by atoms with E-state index in [0.29, 0.717) is 31.0 Å². The van der Waals surface area contributed by atoms with Crippen LogP contribution in [0.25, 0.3) is 17.5 Å². The van der Waals surface area contributed by atoms with Crippen molar-refractivity contribution < 1.29 is 13.9 Å². The van der Waals surface area contributed by atoms with E-state index in [4.69, 9.17) is 14.1 Å². The van der Waals surface area contributed by atoms with E-state index in [0.717, 1.165) is 21.3 Å². The van der Waals surface area contributed by atoms with Crippen LogP contribution in [0.2, 0.25) is 0 Å². The molecule has 0 aliphatic carbocycles. The predicted molar refractivity (Wildman–Crippen MR) is 177 cm³/mol. The van der Waals surface area contributed by atoms with Gasteiger partial charge in [-0.25, -0.2) is 9.79 Å². The van der Waals surface area contributed by atoms with Crippen molar-refractivity contribution in [2.75, 3.05) is 6.61 Å². The lowest BCUT2D eigenvalue weighted by atomic mass is 9.93. The minimum atomic E-state index is -0.773. The first-order valence-corrected chi connectivity index (χ1v) is 16.6. The Hall–Kier alpha value is -4.85. The van der Waals surface area contributed by atoms with Crippen molar-refractivity contribution in [2.24, 2.45) is 4.99 Å². The molecule has 3 aromatic heterocycles. The molecule has 46 heavy (non-hydrogen) atoms. The normalized spacial score (nSPS) is 14.7. The van der Waals surface area contributed by atoms with Gasteiger partial charge in [0.2, 0.25) is 5.16 Å². The van der Waals surface area contributed by atoms with Crippen LogP contribution >= 0.6 is 39.0 Å². The number of esters is 1. The number of carbonyl (C=O) groups excluding carboxylic acids is 1. The number of hydrogen-bond donors (Lipinski definition) is 0. The fraction of sp³-hybridized carbons (Fsp3) is 0.0909. The molecule has 228 valence electrons. The van der Waals surface area contributed by atoms with E-state index in [1.165, 1.54) is 23.1 Å². The first kappa shape index (κ1) is 29.8. The van der Waals surface area contributed by atoms with Crippen LogP contribution in [-0.2, 0) is 9.53 Å². The van der Waals surface area contributed by atoms with Gasteiger partial charge < -0.3 is 9.15 Å². The van der Waals surface area contributed by atoms with Gasteiger partial charge in [-0.1, -0.05) is 87.9 Å². The highest BCUT2D eigenvalue weighted by Crippen LogP contribution is 2.36. The maximum Gasteiger partial charge on any atom is 0.338 e. The second-order valence-corrected chi connectivity index (χ2v) is 12.9. The first-order chi connectivity index (χ1) is 22.5. The van der Waals surface area contributed by atoms with Gasteiger partial charge >= 0.3 is 5.97 Å². The summed E-state index contributed by atoms with van der Waals surface area (Å²) >= 11 is 6.04. The highest BCUT2D eigenvalue weighted by molar-refractivity contribution is 9.10. The predicted octanol–water partition coefficient (Wildman–Crippen LogP) is 5.42. The van der Waals surface area contributed by atoms with Crippen molar-refractivity contribution in [1.29, 1.82) is 0 Å². The molecule has 10 nitrogen and oxygen atoms in total. The van der Waals surface area contributed by atoms with Gasteiger partial charge in [0.15, 0.2) is 9.89 Å². The smallest absolute Gasteiger partial charge is 0.338 e. The Morgan fingerprint density at radius 1 is 1.04 bits per heavy atom.